The third kappa shape index (κ3) is 3.10. The molecule has 2 saturated heterocycles. The highest BCUT2D eigenvalue weighted by molar-refractivity contribution is 6.24. The molecular weight excluding hydrogens is 428 g/mol. The zero-order valence-corrected chi connectivity index (χ0v) is 17.4. The van der Waals surface area contributed by atoms with Gasteiger partial charge in [-0.1, -0.05) is 6.08 Å². The Kier molecular flexibility index (Phi) is 4.77. The van der Waals surface area contributed by atoms with E-state index in [9.17, 15) is 24.5 Å². The lowest BCUT2D eigenvalue weighted by Gasteiger charge is -2.30. The molecule has 0 spiro atoms. The first-order valence-corrected chi connectivity index (χ1v) is 10.2. The molecule has 3 aliphatic heterocycles. The van der Waals surface area contributed by atoms with Crippen molar-refractivity contribution in [2.75, 3.05) is 12.0 Å². The number of rotatable bonds is 5. The number of ketones is 1. The molecule has 10 heteroatoms. The average molecular weight is 446 g/mol. The average Bonchev–Trinajstić information content (AvgIpc) is 3.31. The fourth-order valence-electron chi connectivity index (χ4n) is 4.74. The molecule has 0 aliphatic carbocycles. The maximum absolute atomic E-state index is 13.5. The van der Waals surface area contributed by atoms with Crippen molar-refractivity contribution in [3.05, 3.63) is 76.4 Å². The number of ether oxygens (including phenoxy) is 1. The van der Waals surface area contributed by atoms with Crippen molar-refractivity contribution in [3.8, 4) is 5.75 Å². The topological polar surface area (TPSA) is 122 Å². The number of fused-ring (bicyclic) bond motifs is 3. The molecule has 2 fully saturated rings. The number of hydrogen-bond acceptors (Lipinski definition) is 8. The number of nitro benzene ring substituents is 1. The first kappa shape index (κ1) is 20.6. The van der Waals surface area contributed by atoms with Crippen LogP contribution in [0.4, 0.5) is 11.4 Å². The first-order valence-electron chi connectivity index (χ1n) is 10.2. The van der Waals surface area contributed by atoms with Gasteiger partial charge in [-0.3, -0.25) is 29.5 Å². The van der Waals surface area contributed by atoms with Gasteiger partial charge in [0.1, 0.15) is 11.8 Å². The number of methoxy groups -OCH3 is 1. The summed E-state index contributed by atoms with van der Waals surface area (Å²) in [6.45, 7) is 0. The Morgan fingerprint density at radius 2 is 1.70 bits per heavy atom. The Labute approximate surface area is 187 Å². The molecule has 0 radical (unpaired) electrons. The minimum absolute atomic E-state index is 0.152. The second-order valence-electron chi connectivity index (χ2n) is 7.89. The third-order valence-corrected chi connectivity index (χ3v) is 6.25. The van der Waals surface area contributed by atoms with Crippen LogP contribution in [0.1, 0.15) is 10.4 Å². The van der Waals surface area contributed by atoms with E-state index in [4.69, 9.17) is 4.74 Å². The summed E-state index contributed by atoms with van der Waals surface area (Å²) < 4.78 is 5.15. The molecule has 10 nitrogen and oxygen atoms in total. The Morgan fingerprint density at radius 3 is 2.33 bits per heavy atom. The summed E-state index contributed by atoms with van der Waals surface area (Å²) in [7, 11) is 1.52. The van der Waals surface area contributed by atoms with Gasteiger partial charge in [0.25, 0.3) is 5.69 Å². The number of anilines is 1. The van der Waals surface area contributed by atoms with E-state index in [1.165, 1.54) is 42.6 Å². The van der Waals surface area contributed by atoms with Crippen LogP contribution >= 0.6 is 0 Å². The molecule has 0 aromatic heterocycles. The van der Waals surface area contributed by atoms with E-state index in [1.54, 1.807) is 36.4 Å². The van der Waals surface area contributed by atoms with E-state index in [0.717, 1.165) is 4.90 Å². The highest BCUT2D eigenvalue weighted by Crippen LogP contribution is 2.46. The number of imide groups is 1. The van der Waals surface area contributed by atoms with E-state index in [2.05, 4.69) is 5.10 Å². The molecule has 2 aromatic rings. The van der Waals surface area contributed by atoms with E-state index < -0.39 is 40.7 Å². The van der Waals surface area contributed by atoms with Crippen LogP contribution in [-0.4, -0.2) is 52.9 Å². The van der Waals surface area contributed by atoms with Crippen molar-refractivity contribution in [1.29, 1.82) is 0 Å². The molecule has 3 aliphatic rings. The molecule has 3 heterocycles. The molecular formula is C23H18N4O6. The Hall–Kier alpha value is -4.34. The van der Waals surface area contributed by atoms with Crippen molar-refractivity contribution in [1.82, 2.24) is 5.01 Å². The maximum Gasteiger partial charge on any atom is 0.269 e. The summed E-state index contributed by atoms with van der Waals surface area (Å²) in [5.74, 6) is -2.46. The van der Waals surface area contributed by atoms with E-state index in [0.29, 0.717) is 11.3 Å². The number of nitrogens with zero attached hydrogens (tertiary/aromatic N) is 4. The fourth-order valence-corrected chi connectivity index (χ4v) is 4.74. The van der Waals surface area contributed by atoms with Crippen LogP contribution in [0.3, 0.4) is 0 Å². The Morgan fingerprint density at radius 1 is 1.03 bits per heavy atom. The number of hydrazone groups is 1. The number of benzene rings is 2. The molecule has 0 N–H and O–H groups in total. The number of amides is 2. The summed E-state index contributed by atoms with van der Waals surface area (Å²) in [5, 5.41) is 16.8. The zero-order chi connectivity index (χ0) is 23.3. The predicted octanol–water partition coefficient (Wildman–Crippen LogP) is 2.20. The third-order valence-electron chi connectivity index (χ3n) is 6.25. The van der Waals surface area contributed by atoms with Gasteiger partial charge in [-0.25, -0.2) is 4.90 Å². The largest absolute Gasteiger partial charge is 0.497 e. The van der Waals surface area contributed by atoms with Crippen molar-refractivity contribution < 1.29 is 24.0 Å². The lowest BCUT2D eigenvalue weighted by Crippen LogP contribution is -2.46. The molecule has 33 heavy (non-hydrogen) atoms. The summed E-state index contributed by atoms with van der Waals surface area (Å²) in [5.41, 5.74) is 0.454. The number of allylic oxidation sites excluding steroid dienone is 1. The molecule has 4 atom stereocenters. The van der Waals surface area contributed by atoms with Gasteiger partial charge in [0.15, 0.2) is 5.78 Å². The van der Waals surface area contributed by atoms with Gasteiger partial charge in [0, 0.05) is 23.9 Å². The second kappa shape index (κ2) is 7.66. The van der Waals surface area contributed by atoms with Crippen molar-refractivity contribution >= 4 is 35.2 Å². The lowest BCUT2D eigenvalue weighted by molar-refractivity contribution is -0.384. The summed E-state index contributed by atoms with van der Waals surface area (Å²) >= 11 is 0. The second-order valence-corrected chi connectivity index (χ2v) is 7.89. The Balaban J connectivity index is 1.53. The van der Waals surface area contributed by atoms with Crippen LogP contribution in [0.25, 0.3) is 0 Å². The molecule has 2 amide bonds. The quantitative estimate of drug-likeness (QED) is 0.299. The van der Waals surface area contributed by atoms with Crippen LogP contribution < -0.4 is 9.64 Å². The number of carbonyl (C=O) groups is 3. The molecule has 0 bridgehead atoms. The SMILES string of the molecule is COc1ccc(C(=O)[C@@H]2[C@@H]3C(=O)N(c4ccc([N+](=O)[O-])cc4)C(=O)[C@@H]3[C@H]3C=CC=NN32)cc1. The van der Waals surface area contributed by atoms with Crippen LogP contribution in [-0.2, 0) is 9.59 Å². The van der Waals surface area contributed by atoms with Crippen molar-refractivity contribution in [2.45, 2.75) is 12.1 Å². The van der Waals surface area contributed by atoms with Gasteiger partial charge in [-0.15, -0.1) is 0 Å². The predicted molar refractivity (Wildman–Crippen MR) is 117 cm³/mol. The summed E-state index contributed by atoms with van der Waals surface area (Å²) in [4.78, 5) is 51.8. The smallest absolute Gasteiger partial charge is 0.269 e. The van der Waals surface area contributed by atoms with Gasteiger partial charge in [-0.2, -0.15) is 5.10 Å². The number of non-ortho nitro benzene ring substituents is 1. The minimum atomic E-state index is -0.964. The number of carbonyl (C=O) groups excluding carboxylic acids is 3. The van der Waals surface area contributed by atoms with E-state index in [1.807, 2.05) is 0 Å². The Bertz CT molecular complexity index is 1220. The van der Waals surface area contributed by atoms with Crippen molar-refractivity contribution in [2.24, 2.45) is 16.9 Å². The van der Waals surface area contributed by atoms with Crippen molar-refractivity contribution in [3.63, 3.8) is 0 Å². The van der Waals surface area contributed by atoms with Crippen LogP contribution in [0.5, 0.6) is 5.75 Å². The first-order chi connectivity index (χ1) is 15.9. The zero-order valence-electron chi connectivity index (χ0n) is 17.4. The minimum Gasteiger partial charge on any atom is -0.497 e. The molecule has 5 rings (SSSR count). The number of Topliss-reactive ketones (excluding diaryl/α,β-unsaturated/α-hetero) is 1. The van der Waals surface area contributed by atoms with E-state index >= 15 is 0 Å². The molecule has 2 aromatic carbocycles. The summed E-state index contributed by atoms with van der Waals surface area (Å²) in [6.07, 6.45) is 4.97. The fraction of sp³-hybridized carbons (Fsp3) is 0.217. The monoisotopic (exact) mass is 446 g/mol. The molecule has 0 saturated carbocycles. The van der Waals surface area contributed by atoms with Crippen LogP contribution in [0, 0.1) is 22.0 Å². The van der Waals surface area contributed by atoms with E-state index in [-0.39, 0.29) is 17.2 Å². The normalized spacial score (nSPS) is 25.2. The highest BCUT2D eigenvalue weighted by atomic mass is 16.6. The standard InChI is InChI=1S/C23H18N4O6/c1-33-16-10-4-13(5-11-16)21(28)20-19-18(17-3-2-12-24-26(17)20)22(29)25(23(19)30)14-6-8-15(9-7-14)27(31)32/h2-12,17-20H,1H3/t17-,18-,19-,20+/m1/s1. The molecule has 0 unspecified atom stereocenters. The highest BCUT2D eigenvalue weighted by Gasteiger charge is 2.64. The van der Waals surface area contributed by atoms with Crippen LogP contribution in [0.15, 0.2) is 65.8 Å². The van der Waals surface area contributed by atoms with Gasteiger partial charge in [0.2, 0.25) is 11.8 Å². The van der Waals surface area contributed by atoms with Gasteiger partial charge in [0.05, 0.1) is 35.6 Å². The maximum atomic E-state index is 13.5. The van der Waals surface area contributed by atoms with Gasteiger partial charge < -0.3 is 4.74 Å². The van der Waals surface area contributed by atoms with Gasteiger partial charge >= 0.3 is 0 Å². The lowest BCUT2D eigenvalue weighted by atomic mass is 9.86. The summed E-state index contributed by atoms with van der Waals surface area (Å²) in [6, 6.07) is 10.2. The molecule has 166 valence electrons. The van der Waals surface area contributed by atoms with Crippen LogP contribution in [0.2, 0.25) is 0 Å². The number of nitro groups is 1. The van der Waals surface area contributed by atoms with Gasteiger partial charge in [-0.05, 0) is 42.5 Å². The number of hydrogen-bond donors (Lipinski definition) is 0.